The number of ether oxygens (including phenoxy) is 3. The fourth-order valence-corrected chi connectivity index (χ4v) is 3.14. The van der Waals surface area contributed by atoms with Crippen LogP contribution in [0.4, 0.5) is 13.2 Å². The van der Waals surface area contributed by atoms with Crippen molar-refractivity contribution in [2.45, 2.75) is 6.18 Å². The first-order valence-electron chi connectivity index (χ1n) is 10.2. The maximum Gasteiger partial charge on any atom is 0.453 e. The number of rotatable bonds is 6. The molecule has 0 atom stereocenters. The molecule has 0 fully saturated rings. The van der Waals surface area contributed by atoms with Crippen LogP contribution in [0.1, 0.15) is 11.3 Å². The van der Waals surface area contributed by atoms with Crippen LogP contribution < -0.4 is 19.6 Å². The summed E-state index contributed by atoms with van der Waals surface area (Å²) in [6.07, 6.45) is -2.34. The topological polar surface area (TPSA) is 75.0 Å². The maximum absolute atomic E-state index is 13.7. The van der Waals surface area contributed by atoms with Gasteiger partial charge in [0.25, 0.3) is 5.76 Å². The highest BCUT2D eigenvalue weighted by atomic mass is 19.4. The molecule has 4 aromatic rings. The Morgan fingerprint density at radius 1 is 0.914 bits per heavy atom. The molecule has 0 aliphatic rings. The van der Waals surface area contributed by atoms with Crippen LogP contribution in [-0.2, 0) is 11.0 Å². The van der Waals surface area contributed by atoms with E-state index in [1.807, 2.05) is 6.07 Å². The second-order valence-corrected chi connectivity index (χ2v) is 7.19. The van der Waals surface area contributed by atoms with Crippen LogP contribution in [0.5, 0.6) is 23.0 Å². The number of alkyl halides is 3. The number of hydrogen-bond donors (Lipinski definition) is 0. The second-order valence-electron chi connectivity index (χ2n) is 7.19. The summed E-state index contributed by atoms with van der Waals surface area (Å²) < 4.78 is 61.6. The molecule has 0 N–H and O–H groups in total. The molecule has 9 heteroatoms. The lowest BCUT2D eigenvalue weighted by Crippen LogP contribution is -2.15. The molecule has 0 amide bonds. The van der Waals surface area contributed by atoms with Crippen molar-refractivity contribution in [1.82, 2.24) is 0 Å². The van der Waals surface area contributed by atoms with Gasteiger partial charge in [-0.15, -0.1) is 0 Å². The SMILES string of the molecule is COc1ccc(Oc2c(C(F)(F)F)oc3cc(OC(=O)/C=C/c4ccccc4)ccc3c2=O)cc1. The van der Waals surface area contributed by atoms with Gasteiger partial charge < -0.3 is 18.6 Å². The van der Waals surface area contributed by atoms with Crippen LogP contribution in [0.2, 0.25) is 0 Å². The fourth-order valence-electron chi connectivity index (χ4n) is 3.14. The highest BCUT2D eigenvalue weighted by Crippen LogP contribution is 2.38. The molecule has 0 radical (unpaired) electrons. The van der Waals surface area contributed by atoms with Crippen LogP contribution >= 0.6 is 0 Å². The van der Waals surface area contributed by atoms with Gasteiger partial charge in [-0.25, -0.2) is 4.79 Å². The zero-order valence-electron chi connectivity index (χ0n) is 18.2. The van der Waals surface area contributed by atoms with Crippen LogP contribution in [0.25, 0.3) is 17.0 Å². The Morgan fingerprint density at radius 2 is 1.57 bits per heavy atom. The Labute approximate surface area is 196 Å². The average Bonchev–Trinajstić information content (AvgIpc) is 2.84. The van der Waals surface area contributed by atoms with Crippen molar-refractivity contribution in [3.05, 3.63) is 100 Å². The van der Waals surface area contributed by atoms with E-state index < -0.39 is 34.7 Å². The summed E-state index contributed by atoms with van der Waals surface area (Å²) in [5.41, 5.74) is -0.689. The van der Waals surface area contributed by atoms with Gasteiger partial charge in [-0.2, -0.15) is 13.2 Å². The third-order valence-corrected chi connectivity index (χ3v) is 4.79. The molecule has 0 saturated heterocycles. The van der Waals surface area contributed by atoms with E-state index in [4.69, 9.17) is 18.6 Å². The molecule has 35 heavy (non-hydrogen) atoms. The monoisotopic (exact) mass is 482 g/mol. The summed E-state index contributed by atoms with van der Waals surface area (Å²) in [4.78, 5) is 25.0. The predicted molar refractivity (Wildman–Crippen MR) is 122 cm³/mol. The van der Waals surface area contributed by atoms with Gasteiger partial charge in [-0.05, 0) is 48.0 Å². The van der Waals surface area contributed by atoms with E-state index >= 15 is 0 Å². The molecule has 3 aromatic carbocycles. The predicted octanol–water partition coefficient (Wildman–Crippen LogP) is 6.23. The summed E-state index contributed by atoms with van der Waals surface area (Å²) in [6, 6.07) is 18.1. The standard InChI is InChI=1S/C26H17F3O6/c1-32-17-8-10-18(11-9-17)34-24-23(31)20-13-12-19(15-21(20)35-25(24)26(27,28)29)33-22(30)14-7-16-5-3-2-4-6-16/h2-15H,1H3/b14-7+. The number of fused-ring (bicyclic) bond motifs is 1. The lowest BCUT2D eigenvalue weighted by atomic mass is 10.2. The fraction of sp³-hybridized carbons (Fsp3) is 0.0769. The lowest BCUT2D eigenvalue weighted by molar-refractivity contribution is -0.154. The molecular weight excluding hydrogens is 465 g/mol. The van der Waals surface area contributed by atoms with Crippen molar-refractivity contribution in [3.63, 3.8) is 0 Å². The lowest BCUT2D eigenvalue weighted by Gasteiger charge is -2.13. The molecule has 0 spiro atoms. The Hall–Kier alpha value is -4.53. The number of carbonyl (C=O) groups excluding carboxylic acids is 1. The normalized spacial score (nSPS) is 11.5. The zero-order valence-corrected chi connectivity index (χ0v) is 18.2. The van der Waals surface area contributed by atoms with Crippen molar-refractivity contribution in [2.75, 3.05) is 7.11 Å². The zero-order chi connectivity index (χ0) is 25.0. The third-order valence-electron chi connectivity index (χ3n) is 4.79. The molecule has 0 aliphatic heterocycles. The van der Waals surface area contributed by atoms with E-state index in [-0.39, 0.29) is 16.9 Å². The molecular formula is C26H17F3O6. The average molecular weight is 482 g/mol. The number of methoxy groups -OCH3 is 1. The summed E-state index contributed by atoms with van der Waals surface area (Å²) in [6.45, 7) is 0. The van der Waals surface area contributed by atoms with Gasteiger partial charge in [0.2, 0.25) is 11.2 Å². The molecule has 1 aromatic heterocycles. The number of hydrogen-bond acceptors (Lipinski definition) is 6. The number of esters is 1. The Kier molecular flexibility index (Phi) is 6.59. The highest BCUT2D eigenvalue weighted by Gasteiger charge is 2.40. The van der Waals surface area contributed by atoms with Crippen molar-refractivity contribution in [3.8, 4) is 23.0 Å². The summed E-state index contributed by atoms with van der Waals surface area (Å²) in [5, 5.41) is -0.180. The van der Waals surface area contributed by atoms with Crippen molar-refractivity contribution < 1.29 is 36.6 Å². The second kappa shape index (κ2) is 9.76. The van der Waals surface area contributed by atoms with Gasteiger partial charge in [0.15, 0.2) is 0 Å². The number of halogens is 3. The summed E-state index contributed by atoms with van der Waals surface area (Å²) in [5.74, 6) is -3.03. The van der Waals surface area contributed by atoms with Crippen LogP contribution in [0, 0.1) is 0 Å². The Balaban J connectivity index is 1.66. The molecule has 178 valence electrons. The molecule has 1 heterocycles. The minimum absolute atomic E-state index is 0.0151. The molecule has 0 saturated carbocycles. The van der Waals surface area contributed by atoms with Gasteiger partial charge in [0.1, 0.15) is 22.8 Å². The number of benzene rings is 3. The first kappa shape index (κ1) is 23.6. The summed E-state index contributed by atoms with van der Waals surface area (Å²) in [7, 11) is 1.43. The Bertz CT molecular complexity index is 1440. The van der Waals surface area contributed by atoms with Gasteiger partial charge in [-0.1, -0.05) is 30.3 Å². The third kappa shape index (κ3) is 5.52. The smallest absolute Gasteiger partial charge is 0.453 e. The van der Waals surface area contributed by atoms with Gasteiger partial charge in [0, 0.05) is 12.1 Å². The van der Waals surface area contributed by atoms with E-state index in [1.54, 1.807) is 24.3 Å². The van der Waals surface area contributed by atoms with E-state index in [1.165, 1.54) is 55.7 Å². The highest BCUT2D eigenvalue weighted by molar-refractivity contribution is 5.89. The largest absolute Gasteiger partial charge is 0.497 e. The maximum atomic E-state index is 13.7. The first-order chi connectivity index (χ1) is 16.7. The minimum Gasteiger partial charge on any atom is -0.497 e. The van der Waals surface area contributed by atoms with Gasteiger partial charge in [0.05, 0.1) is 12.5 Å². The minimum atomic E-state index is -5.03. The van der Waals surface area contributed by atoms with E-state index in [2.05, 4.69) is 0 Å². The summed E-state index contributed by atoms with van der Waals surface area (Å²) >= 11 is 0. The van der Waals surface area contributed by atoms with Crippen molar-refractivity contribution in [2.24, 2.45) is 0 Å². The van der Waals surface area contributed by atoms with Crippen LogP contribution in [0.3, 0.4) is 0 Å². The Morgan fingerprint density at radius 3 is 2.23 bits per heavy atom. The molecule has 0 bridgehead atoms. The van der Waals surface area contributed by atoms with Crippen molar-refractivity contribution in [1.29, 1.82) is 0 Å². The number of carbonyl (C=O) groups is 1. The van der Waals surface area contributed by atoms with Crippen LogP contribution in [-0.4, -0.2) is 13.1 Å². The van der Waals surface area contributed by atoms with Gasteiger partial charge in [-0.3, -0.25) is 4.79 Å². The molecule has 6 nitrogen and oxygen atoms in total. The first-order valence-corrected chi connectivity index (χ1v) is 10.2. The molecule has 0 aliphatic carbocycles. The van der Waals surface area contributed by atoms with Gasteiger partial charge >= 0.3 is 12.1 Å². The molecule has 4 rings (SSSR count). The molecule has 0 unspecified atom stereocenters. The quantitative estimate of drug-likeness (QED) is 0.184. The van der Waals surface area contributed by atoms with Crippen molar-refractivity contribution >= 4 is 23.0 Å². The van der Waals surface area contributed by atoms with E-state index in [9.17, 15) is 22.8 Å². The van der Waals surface area contributed by atoms with E-state index in [0.29, 0.717) is 5.75 Å². The van der Waals surface area contributed by atoms with Crippen LogP contribution in [0.15, 0.2) is 88.1 Å². The van der Waals surface area contributed by atoms with E-state index in [0.717, 1.165) is 11.6 Å².